The highest BCUT2D eigenvalue weighted by Crippen LogP contribution is 2.48. The fourth-order valence-corrected chi connectivity index (χ4v) is 5.67. The highest BCUT2D eigenvalue weighted by Gasteiger charge is 2.52. The molecular weight excluding hydrogens is 406 g/mol. The van der Waals surface area contributed by atoms with Gasteiger partial charge in [-0.2, -0.15) is 4.68 Å². The monoisotopic (exact) mass is 429 g/mol. The Labute approximate surface area is 177 Å². The summed E-state index contributed by atoms with van der Waals surface area (Å²) >= 11 is 1.55. The van der Waals surface area contributed by atoms with Crippen molar-refractivity contribution >= 4 is 23.2 Å². The molecule has 3 aliphatic rings. The van der Waals surface area contributed by atoms with Crippen LogP contribution >= 0.6 is 11.3 Å². The molecule has 1 amide bonds. The number of ether oxygens (including phenoxy) is 1. The van der Waals surface area contributed by atoms with Gasteiger partial charge in [0.2, 0.25) is 11.0 Å². The van der Waals surface area contributed by atoms with E-state index >= 15 is 0 Å². The third-order valence-electron chi connectivity index (χ3n) is 6.35. The van der Waals surface area contributed by atoms with Gasteiger partial charge in [-0.25, -0.2) is 9.78 Å². The van der Waals surface area contributed by atoms with Crippen molar-refractivity contribution < 1.29 is 14.3 Å². The molecule has 0 bridgehead atoms. The summed E-state index contributed by atoms with van der Waals surface area (Å²) in [6.07, 6.45) is 9.32. The van der Waals surface area contributed by atoms with Crippen molar-refractivity contribution in [2.75, 3.05) is 6.61 Å². The molecule has 1 N–H and O–H groups in total. The molecule has 4 heterocycles. The molecular formula is C19H23N7O3S. The zero-order valence-electron chi connectivity index (χ0n) is 16.7. The zero-order valence-corrected chi connectivity index (χ0v) is 17.5. The molecule has 1 saturated carbocycles. The Kier molecular flexibility index (Phi) is 4.86. The molecule has 1 saturated heterocycles. The van der Waals surface area contributed by atoms with Gasteiger partial charge in [-0.05, 0) is 49.5 Å². The molecule has 30 heavy (non-hydrogen) atoms. The molecule has 0 aromatic carbocycles. The maximum absolute atomic E-state index is 13.3. The zero-order chi connectivity index (χ0) is 20.7. The van der Waals surface area contributed by atoms with E-state index in [0.29, 0.717) is 11.7 Å². The minimum absolute atomic E-state index is 0.102. The Morgan fingerprint density at radius 2 is 2.17 bits per heavy atom. The Balaban J connectivity index is 1.17. The van der Waals surface area contributed by atoms with Crippen LogP contribution in [0.5, 0.6) is 0 Å². The molecule has 0 unspecified atom stereocenters. The van der Waals surface area contributed by atoms with E-state index in [4.69, 9.17) is 4.74 Å². The van der Waals surface area contributed by atoms with Gasteiger partial charge in [0.05, 0.1) is 11.1 Å². The van der Waals surface area contributed by atoms with E-state index in [1.54, 1.807) is 20.9 Å². The summed E-state index contributed by atoms with van der Waals surface area (Å²) in [6, 6.07) is 0.478. The predicted octanol–water partition coefficient (Wildman–Crippen LogP) is 1.20. The molecule has 11 heteroatoms. The largest absolute Gasteiger partial charge is 0.456 e. The quantitative estimate of drug-likeness (QED) is 0.705. The third-order valence-corrected chi connectivity index (χ3v) is 7.34. The molecule has 2 aromatic rings. The molecule has 1 atom stereocenters. The average molecular weight is 430 g/mol. The molecule has 2 aromatic heterocycles. The number of nitrogens with one attached hydrogen (secondary N) is 1. The van der Waals surface area contributed by atoms with E-state index in [1.165, 1.54) is 12.4 Å². The molecule has 2 aliphatic heterocycles. The van der Waals surface area contributed by atoms with Gasteiger partial charge in [0.1, 0.15) is 12.9 Å². The van der Waals surface area contributed by atoms with Crippen molar-refractivity contribution in [3.63, 3.8) is 0 Å². The van der Waals surface area contributed by atoms with Crippen LogP contribution in [-0.4, -0.2) is 60.7 Å². The number of hydrogen-bond acceptors (Lipinski definition) is 9. The maximum atomic E-state index is 13.3. The van der Waals surface area contributed by atoms with Crippen LogP contribution in [0.15, 0.2) is 24.3 Å². The number of carbonyl (C=O) groups is 2. The van der Waals surface area contributed by atoms with Gasteiger partial charge in [0.25, 0.3) is 0 Å². The summed E-state index contributed by atoms with van der Waals surface area (Å²) < 4.78 is 6.57. The summed E-state index contributed by atoms with van der Waals surface area (Å²) in [6.45, 7) is 3.00. The second-order valence-electron chi connectivity index (χ2n) is 8.27. The number of aromatic nitrogens is 5. The van der Waals surface area contributed by atoms with E-state index in [1.807, 2.05) is 6.20 Å². The summed E-state index contributed by atoms with van der Waals surface area (Å²) in [5.41, 5.74) is 0.403. The number of cyclic esters (lactones) is 1. The van der Waals surface area contributed by atoms with Gasteiger partial charge in [-0.3, -0.25) is 4.79 Å². The number of esters is 1. The Morgan fingerprint density at radius 3 is 2.87 bits per heavy atom. The van der Waals surface area contributed by atoms with Crippen LogP contribution in [0, 0.1) is 5.41 Å². The van der Waals surface area contributed by atoms with Gasteiger partial charge in [0.15, 0.2) is 0 Å². The number of rotatable bonds is 5. The van der Waals surface area contributed by atoms with Gasteiger partial charge in [0, 0.05) is 35.8 Å². The first-order chi connectivity index (χ1) is 14.5. The fraction of sp³-hybridized carbons (Fsp3) is 0.579. The van der Waals surface area contributed by atoms with E-state index in [-0.39, 0.29) is 29.9 Å². The van der Waals surface area contributed by atoms with Gasteiger partial charge in [-0.1, -0.05) is 11.3 Å². The van der Waals surface area contributed by atoms with Crippen LogP contribution in [0.1, 0.15) is 43.9 Å². The minimum Gasteiger partial charge on any atom is -0.456 e. The lowest BCUT2D eigenvalue weighted by atomic mass is 9.70. The fourth-order valence-electron chi connectivity index (χ4n) is 4.89. The lowest BCUT2D eigenvalue weighted by Gasteiger charge is -2.36. The lowest BCUT2D eigenvalue weighted by Crippen LogP contribution is -2.42. The van der Waals surface area contributed by atoms with Crippen molar-refractivity contribution in [3.8, 4) is 5.13 Å². The first-order valence-corrected chi connectivity index (χ1v) is 11.0. The second-order valence-corrected chi connectivity index (χ2v) is 9.36. The summed E-state index contributed by atoms with van der Waals surface area (Å²) in [7, 11) is 0. The molecule has 158 valence electrons. The smallest absolute Gasteiger partial charge is 0.333 e. The molecule has 0 radical (unpaired) electrons. The van der Waals surface area contributed by atoms with Crippen LogP contribution in [0.25, 0.3) is 5.13 Å². The summed E-state index contributed by atoms with van der Waals surface area (Å²) in [5, 5.41) is 15.5. The number of likely N-dealkylation sites (tertiary alicyclic amines) is 1. The topological polar surface area (TPSA) is 115 Å². The predicted molar refractivity (Wildman–Crippen MR) is 106 cm³/mol. The van der Waals surface area contributed by atoms with Crippen LogP contribution in [0.3, 0.4) is 0 Å². The normalized spacial score (nSPS) is 29.0. The number of thiazole rings is 1. The minimum atomic E-state index is -0.356. The molecule has 2 fully saturated rings. The number of tetrazole rings is 1. The van der Waals surface area contributed by atoms with Crippen LogP contribution < -0.4 is 5.32 Å². The summed E-state index contributed by atoms with van der Waals surface area (Å²) in [4.78, 5) is 32.0. The van der Waals surface area contributed by atoms with E-state index in [9.17, 15) is 9.59 Å². The Hall–Kier alpha value is -2.66. The van der Waals surface area contributed by atoms with Crippen LogP contribution in [-0.2, 0) is 20.9 Å². The first-order valence-electron chi connectivity index (χ1n) is 10.2. The van der Waals surface area contributed by atoms with Crippen molar-refractivity contribution in [2.45, 2.75) is 57.7 Å². The van der Waals surface area contributed by atoms with Crippen LogP contribution in [0.2, 0.25) is 0 Å². The lowest BCUT2D eigenvalue weighted by molar-refractivity contribution is -0.138. The molecule has 1 spiro atoms. The SMILES string of the molecule is C[C@H]1CC2(CCC(NCc3cnc(-n4cnnn4)s3)CC2)C(=O)N1C1=CC(=O)OC1. The molecule has 5 rings (SSSR count). The van der Waals surface area contributed by atoms with Crippen molar-refractivity contribution in [2.24, 2.45) is 5.41 Å². The molecule has 10 nitrogen and oxygen atoms in total. The standard InChI is InChI=1S/C19H23N7O3S/c1-12-7-19(17(28)26(12)14-6-16(27)29-10-14)4-2-13(3-5-19)20-8-15-9-21-18(30-15)25-11-22-23-24-25/h6,9,11-13,20H,2-5,7-8,10H2,1H3/t12-,13?,19?/m0/s1. The molecule has 1 aliphatic carbocycles. The highest BCUT2D eigenvalue weighted by molar-refractivity contribution is 7.14. The third kappa shape index (κ3) is 3.41. The van der Waals surface area contributed by atoms with Gasteiger partial charge in [-0.15, -0.1) is 5.10 Å². The highest BCUT2D eigenvalue weighted by atomic mass is 32.1. The maximum Gasteiger partial charge on any atom is 0.333 e. The number of carbonyl (C=O) groups excluding carboxylic acids is 2. The van der Waals surface area contributed by atoms with E-state index in [2.05, 4.69) is 32.7 Å². The summed E-state index contributed by atoms with van der Waals surface area (Å²) in [5.74, 6) is -0.197. The van der Waals surface area contributed by atoms with E-state index < -0.39 is 0 Å². The first kappa shape index (κ1) is 19.3. The van der Waals surface area contributed by atoms with Crippen molar-refractivity contribution in [1.82, 2.24) is 35.4 Å². The van der Waals surface area contributed by atoms with Gasteiger partial charge < -0.3 is 15.0 Å². The number of amides is 1. The van der Waals surface area contributed by atoms with Gasteiger partial charge >= 0.3 is 5.97 Å². The number of nitrogens with zero attached hydrogens (tertiary/aromatic N) is 6. The Morgan fingerprint density at radius 1 is 1.33 bits per heavy atom. The van der Waals surface area contributed by atoms with Crippen LogP contribution in [0.4, 0.5) is 0 Å². The second kappa shape index (κ2) is 7.55. The van der Waals surface area contributed by atoms with Crippen molar-refractivity contribution in [1.29, 1.82) is 0 Å². The number of hydrogen-bond donors (Lipinski definition) is 1. The van der Waals surface area contributed by atoms with E-state index in [0.717, 1.165) is 48.7 Å². The Bertz CT molecular complexity index is 978. The van der Waals surface area contributed by atoms with Crippen molar-refractivity contribution in [3.05, 3.63) is 29.2 Å². The average Bonchev–Trinajstić information content (AvgIpc) is 3.51.